The number of hydrogen-bond acceptors (Lipinski definition) is 7. The van der Waals surface area contributed by atoms with E-state index in [1.165, 1.54) is 19.1 Å². The van der Waals surface area contributed by atoms with E-state index in [0.717, 1.165) is 6.08 Å². The third kappa shape index (κ3) is 3.41. The normalized spacial score (nSPS) is 45.3. The maximum Gasteiger partial charge on any atom is 0.509 e. The first-order chi connectivity index (χ1) is 16.7. The second-order valence-corrected chi connectivity index (χ2v) is 11.5. The van der Waals surface area contributed by atoms with Crippen LogP contribution in [0.25, 0.3) is 0 Å². The van der Waals surface area contributed by atoms with Crippen LogP contribution in [0.5, 0.6) is 0 Å². The van der Waals surface area contributed by atoms with E-state index < -0.39 is 82.2 Å². The standard InChI is InChI=1S/C26H33ClF2O7/c1-13(2)35-22(33)36-26(21(32)34-12-27)14(3)8-16-17-10-19(28)18-9-15(30)6-7-23(18,4)25(17,29)20(31)11-24(16,26)5/h6-7,9,13-14,16-17,19-20,31H,8,10-12H2,1-5H3/t14-,16+,17+,19+,20+,23+,24+,25+,26+/m1/s1. The highest BCUT2D eigenvalue weighted by molar-refractivity contribution is 6.17. The Morgan fingerprint density at radius 1 is 1.25 bits per heavy atom. The quantitative estimate of drug-likeness (QED) is 0.419. The molecule has 3 fully saturated rings. The predicted molar refractivity (Wildman–Crippen MR) is 125 cm³/mol. The Morgan fingerprint density at radius 2 is 1.92 bits per heavy atom. The lowest BCUT2D eigenvalue weighted by Gasteiger charge is -2.62. The van der Waals surface area contributed by atoms with Crippen LogP contribution in [0.3, 0.4) is 0 Å². The molecule has 3 saturated carbocycles. The molecule has 0 aromatic carbocycles. The van der Waals surface area contributed by atoms with Crippen molar-refractivity contribution in [3.63, 3.8) is 0 Å². The van der Waals surface area contributed by atoms with Gasteiger partial charge in [-0.15, -0.1) is 0 Å². The number of rotatable bonds is 4. The number of carbonyl (C=O) groups excluding carboxylic acids is 3. The Balaban J connectivity index is 1.84. The Morgan fingerprint density at radius 3 is 2.53 bits per heavy atom. The summed E-state index contributed by atoms with van der Waals surface area (Å²) in [5.74, 6) is -3.74. The molecule has 200 valence electrons. The number of alkyl halides is 3. The summed E-state index contributed by atoms with van der Waals surface area (Å²) in [5, 5.41) is 11.4. The summed E-state index contributed by atoms with van der Waals surface area (Å²) in [6.45, 7) is 8.05. The first-order valence-corrected chi connectivity index (χ1v) is 12.8. The van der Waals surface area contributed by atoms with Crippen LogP contribution in [0, 0.1) is 28.6 Å². The number of aliphatic hydroxyl groups is 1. The molecule has 0 amide bonds. The molecule has 0 heterocycles. The molecule has 0 spiro atoms. The number of halogens is 3. The van der Waals surface area contributed by atoms with Crippen LogP contribution in [-0.4, -0.2) is 58.7 Å². The van der Waals surface area contributed by atoms with Gasteiger partial charge < -0.3 is 19.3 Å². The van der Waals surface area contributed by atoms with E-state index >= 15 is 8.78 Å². The maximum absolute atomic E-state index is 17.3. The molecule has 9 atom stereocenters. The molecule has 0 saturated heterocycles. The van der Waals surface area contributed by atoms with Crippen molar-refractivity contribution in [2.24, 2.45) is 28.6 Å². The molecule has 0 aromatic heterocycles. The highest BCUT2D eigenvalue weighted by Gasteiger charge is 2.79. The lowest BCUT2D eigenvalue weighted by molar-refractivity contribution is -0.233. The molecule has 0 unspecified atom stereocenters. The highest BCUT2D eigenvalue weighted by Crippen LogP contribution is 2.71. The molecular formula is C26H33ClF2O7. The number of hydrogen-bond donors (Lipinski definition) is 1. The number of carbonyl (C=O) groups is 3. The molecule has 0 aromatic rings. The van der Waals surface area contributed by atoms with E-state index in [2.05, 4.69) is 0 Å². The molecule has 0 aliphatic heterocycles. The van der Waals surface area contributed by atoms with Gasteiger partial charge in [-0.05, 0) is 63.7 Å². The zero-order valence-corrected chi connectivity index (χ0v) is 21.8. The first-order valence-electron chi connectivity index (χ1n) is 12.3. The highest BCUT2D eigenvalue weighted by atomic mass is 35.5. The van der Waals surface area contributed by atoms with E-state index in [4.69, 9.17) is 25.8 Å². The third-order valence-corrected chi connectivity index (χ3v) is 9.34. The molecule has 0 bridgehead atoms. The molecule has 7 nitrogen and oxygen atoms in total. The zero-order chi connectivity index (χ0) is 26.8. The van der Waals surface area contributed by atoms with Crippen molar-refractivity contribution in [2.45, 2.75) is 83.5 Å². The Labute approximate surface area is 214 Å². The number of aliphatic hydroxyl groups excluding tert-OH is 1. The van der Waals surface area contributed by atoms with Crippen LogP contribution >= 0.6 is 11.6 Å². The maximum atomic E-state index is 17.3. The van der Waals surface area contributed by atoms with Gasteiger partial charge in [-0.2, -0.15) is 0 Å². The average molecular weight is 531 g/mol. The van der Waals surface area contributed by atoms with Crippen molar-refractivity contribution in [3.05, 3.63) is 23.8 Å². The number of ketones is 1. The summed E-state index contributed by atoms with van der Waals surface area (Å²) in [6, 6.07) is -0.507. The molecule has 10 heteroatoms. The van der Waals surface area contributed by atoms with Gasteiger partial charge in [0.15, 0.2) is 17.5 Å². The number of allylic oxidation sites excluding steroid dienone is 4. The van der Waals surface area contributed by atoms with E-state index in [1.54, 1.807) is 27.7 Å². The summed E-state index contributed by atoms with van der Waals surface area (Å²) in [6.07, 6.45) is -1.63. The molecule has 1 N–H and O–H groups in total. The molecular weight excluding hydrogens is 498 g/mol. The number of ether oxygens (including phenoxy) is 3. The summed E-state index contributed by atoms with van der Waals surface area (Å²) in [5.41, 5.74) is -7.15. The summed E-state index contributed by atoms with van der Waals surface area (Å²) in [4.78, 5) is 38.1. The van der Waals surface area contributed by atoms with Crippen molar-refractivity contribution >= 4 is 29.5 Å². The van der Waals surface area contributed by atoms with E-state index in [9.17, 15) is 19.5 Å². The monoisotopic (exact) mass is 530 g/mol. The Hall–Kier alpha value is -2.00. The Bertz CT molecular complexity index is 1030. The van der Waals surface area contributed by atoms with Crippen LogP contribution in [0.2, 0.25) is 0 Å². The fraction of sp³-hybridized carbons (Fsp3) is 0.731. The summed E-state index contributed by atoms with van der Waals surface area (Å²) in [7, 11) is 0. The Kier molecular flexibility index (Phi) is 6.60. The van der Waals surface area contributed by atoms with Gasteiger partial charge in [0.1, 0.15) is 6.17 Å². The van der Waals surface area contributed by atoms with Crippen molar-refractivity contribution < 1.29 is 42.5 Å². The SMILES string of the molecule is CC(C)OC(=O)O[C@]1(C(=O)OCCl)[C@H](C)C[C@H]2[C@@H]3C[C@H](F)C4=CC(=O)C=C[C@]4(C)[C@@]3(F)[C@@H](O)C[C@@]21C. The first kappa shape index (κ1) is 27.0. The smallest absolute Gasteiger partial charge is 0.446 e. The largest absolute Gasteiger partial charge is 0.509 e. The second-order valence-electron chi connectivity index (χ2n) is 11.3. The van der Waals surface area contributed by atoms with Crippen molar-refractivity contribution in [1.29, 1.82) is 0 Å². The number of esters is 1. The minimum atomic E-state index is -2.33. The van der Waals surface area contributed by atoms with Crippen molar-refractivity contribution in [1.82, 2.24) is 0 Å². The molecule has 0 radical (unpaired) electrons. The molecule has 4 aliphatic carbocycles. The minimum absolute atomic E-state index is 0.00650. The van der Waals surface area contributed by atoms with Crippen LogP contribution in [-0.2, 0) is 23.8 Å². The second kappa shape index (κ2) is 8.79. The third-order valence-electron chi connectivity index (χ3n) is 9.23. The van der Waals surface area contributed by atoms with E-state index in [0.29, 0.717) is 0 Å². The number of fused-ring (bicyclic) bond motifs is 5. The van der Waals surface area contributed by atoms with Crippen molar-refractivity contribution in [2.75, 3.05) is 6.07 Å². The topological polar surface area (TPSA) is 99.1 Å². The zero-order valence-electron chi connectivity index (χ0n) is 21.1. The van der Waals surface area contributed by atoms with E-state index in [1.807, 2.05) is 0 Å². The van der Waals surface area contributed by atoms with Gasteiger partial charge in [0, 0.05) is 22.7 Å². The molecule has 36 heavy (non-hydrogen) atoms. The van der Waals surface area contributed by atoms with Gasteiger partial charge >= 0.3 is 12.1 Å². The summed E-state index contributed by atoms with van der Waals surface area (Å²) >= 11 is 5.70. The fourth-order valence-corrected chi connectivity index (χ4v) is 7.82. The molecule has 4 rings (SSSR count). The van der Waals surface area contributed by atoms with Gasteiger partial charge in [0.2, 0.25) is 5.60 Å². The van der Waals surface area contributed by atoms with Gasteiger partial charge in [-0.25, -0.2) is 18.4 Å². The lowest BCUT2D eigenvalue weighted by atomic mass is 9.44. The minimum Gasteiger partial charge on any atom is -0.446 e. The fourth-order valence-electron chi connectivity index (χ4n) is 7.72. The van der Waals surface area contributed by atoms with Gasteiger partial charge in [-0.3, -0.25) is 4.79 Å². The van der Waals surface area contributed by atoms with Crippen molar-refractivity contribution in [3.8, 4) is 0 Å². The predicted octanol–water partition coefficient (Wildman–Crippen LogP) is 4.59. The lowest BCUT2D eigenvalue weighted by Crippen LogP contribution is -2.71. The van der Waals surface area contributed by atoms with Gasteiger partial charge in [-0.1, -0.05) is 31.5 Å². The van der Waals surface area contributed by atoms with Crippen LogP contribution in [0.4, 0.5) is 13.6 Å². The van der Waals surface area contributed by atoms with Crippen LogP contribution in [0.1, 0.15) is 53.9 Å². The van der Waals surface area contributed by atoms with Gasteiger partial charge in [0.25, 0.3) is 0 Å². The van der Waals surface area contributed by atoms with Crippen LogP contribution in [0.15, 0.2) is 23.8 Å². The van der Waals surface area contributed by atoms with Gasteiger partial charge in [0.05, 0.1) is 12.2 Å². The average Bonchev–Trinajstić information content (AvgIpc) is 2.99. The summed E-state index contributed by atoms with van der Waals surface area (Å²) < 4.78 is 49.0. The molecule has 4 aliphatic rings. The van der Waals surface area contributed by atoms with Crippen LogP contribution < -0.4 is 0 Å². The van der Waals surface area contributed by atoms with E-state index in [-0.39, 0.29) is 24.8 Å².